The first-order valence-electron chi connectivity index (χ1n) is 7.09. The highest BCUT2D eigenvalue weighted by molar-refractivity contribution is 5.55. The molecule has 19 heavy (non-hydrogen) atoms. The molecule has 0 saturated carbocycles. The normalized spacial score (nSPS) is 17.6. The molecule has 0 aliphatic carbocycles. The van der Waals surface area contributed by atoms with Gasteiger partial charge in [-0.05, 0) is 61.9 Å². The molecule has 0 spiro atoms. The number of pyridine rings is 1. The van der Waals surface area contributed by atoms with E-state index in [2.05, 4.69) is 47.6 Å². The van der Waals surface area contributed by atoms with Crippen LogP contribution < -0.4 is 5.32 Å². The summed E-state index contributed by atoms with van der Waals surface area (Å²) >= 11 is 0. The van der Waals surface area contributed by atoms with Gasteiger partial charge in [0.15, 0.2) is 0 Å². The van der Waals surface area contributed by atoms with Gasteiger partial charge in [-0.2, -0.15) is 0 Å². The number of aromatic nitrogens is 1. The summed E-state index contributed by atoms with van der Waals surface area (Å²) < 4.78 is 0. The minimum absolute atomic E-state index is 0.604. The Morgan fingerprint density at radius 3 is 3.00 bits per heavy atom. The molecular weight excluding hydrogens is 232 g/mol. The maximum atomic E-state index is 4.38. The Hall–Kier alpha value is -1.83. The van der Waals surface area contributed by atoms with E-state index < -0.39 is 0 Å². The van der Waals surface area contributed by atoms with Gasteiger partial charge in [-0.25, -0.2) is 0 Å². The molecule has 1 aromatic heterocycles. The first-order chi connectivity index (χ1) is 9.31. The molecule has 3 rings (SSSR count). The number of hydrogen-bond donors (Lipinski definition) is 1. The van der Waals surface area contributed by atoms with Crippen molar-refractivity contribution < 1.29 is 0 Å². The quantitative estimate of drug-likeness (QED) is 0.902. The number of rotatable bonds is 3. The second-order valence-corrected chi connectivity index (χ2v) is 5.40. The molecular formula is C17H20N2. The SMILES string of the molecule is CC1CCc2cc(CCc3ccccn3)ccc2N1. The van der Waals surface area contributed by atoms with Gasteiger partial charge in [0.1, 0.15) is 0 Å². The van der Waals surface area contributed by atoms with Gasteiger partial charge in [-0.3, -0.25) is 4.98 Å². The number of aryl methyl sites for hydroxylation is 3. The lowest BCUT2D eigenvalue weighted by Gasteiger charge is -2.24. The summed E-state index contributed by atoms with van der Waals surface area (Å²) in [5.41, 5.74) is 5.38. The average molecular weight is 252 g/mol. The third-order valence-corrected chi connectivity index (χ3v) is 3.81. The molecule has 0 saturated heterocycles. The fraction of sp³-hybridized carbons (Fsp3) is 0.353. The van der Waals surface area contributed by atoms with Crippen molar-refractivity contribution in [3.63, 3.8) is 0 Å². The van der Waals surface area contributed by atoms with Crippen LogP contribution in [-0.2, 0) is 19.3 Å². The zero-order chi connectivity index (χ0) is 13.1. The highest BCUT2D eigenvalue weighted by Gasteiger charge is 2.13. The van der Waals surface area contributed by atoms with Crippen LogP contribution in [0.1, 0.15) is 30.2 Å². The van der Waals surface area contributed by atoms with Crippen LogP contribution >= 0.6 is 0 Å². The molecule has 0 amide bonds. The number of anilines is 1. The van der Waals surface area contributed by atoms with Crippen LogP contribution in [0.25, 0.3) is 0 Å². The van der Waals surface area contributed by atoms with E-state index in [0.29, 0.717) is 6.04 Å². The number of benzene rings is 1. The Balaban J connectivity index is 1.69. The van der Waals surface area contributed by atoms with Crippen molar-refractivity contribution in [2.24, 2.45) is 0 Å². The van der Waals surface area contributed by atoms with Gasteiger partial charge in [-0.1, -0.05) is 18.2 Å². The molecule has 1 atom stereocenters. The van der Waals surface area contributed by atoms with Crippen molar-refractivity contribution in [3.05, 3.63) is 59.4 Å². The molecule has 0 radical (unpaired) electrons. The summed E-state index contributed by atoms with van der Waals surface area (Å²) in [6.07, 6.45) is 6.38. The van der Waals surface area contributed by atoms with E-state index in [1.165, 1.54) is 35.3 Å². The number of hydrogen-bond acceptors (Lipinski definition) is 2. The Kier molecular flexibility index (Phi) is 3.49. The van der Waals surface area contributed by atoms with Crippen molar-refractivity contribution in [2.45, 2.75) is 38.6 Å². The molecule has 2 heteroatoms. The van der Waals surface area contributed by atoms with Crippen LogP contribution in [0.3, 0.4) is 0 Å². The molecule has 1 aromatic carbocycles. The second-order valence-electron chi connectivity index (χ2n) is 5.40. The van der Waals surface area contributed by atoms with E-state index in [9.17, 15) is 0 Å². The summed E-state index contributed by atoms with van der Waals surface area (Å²) in [6, 6.07) is 13.6. The van der Waals surface area contributed by atoms with Crippen LogP contribution in [-0.4, -0.2) is 11.0 Å². The lowest BCUT2D eigenvalue weighted by molar-refractivity contribution is 0.680. The monoisotopic (exact) mass is 252 g/mol. The minimum atomic E-state index is 0.604. The Bertz CT molecular complexity index is 548. The maximum Gasteiger partial charge on any atom is 0.0406 e. The predicted octanol–water partition coefficient (Wildman–Crippen LogP) is 3.61. The molecule has 2 nitrogen and oxygen atoms in total. The Morgan fingerprint density at radius 1 is 1.21 bits per heavy atom. The first kappa shape index (κ1) is 12.2. The van der Waals surface area contributed by atoms with Crippen molar-refractivity contribution in [1.82, 2.24) is 4.98 Å². The average Bonchev–Trinajstić information content (AvgIpc) is 2.46. The fourth-order valence-electron chi connectivity index (χ4n) is 2.68. The lowest BCUT2D eigenvalue weighted by Crippen LogP contribution is -2.21. The number of nitrogens with one attached hydrogen (secondary N) is 1. The first-order valence-corrected chi connectivity index (χ1v) is 7.09. The predicted molar refractivity (Wildman–Crippen MR) is 79.5 cm³/mol. The summed E-state index contributed by atoms with van der Waals surface area (Å²) in [7, 11) is 0. The maximum absolute atomic E-state index is 4.38. The van der Waals surface area contributed by atoms with Gasteiger partial charge in [0.05, 0.1) is 0 Å². The van der Waals surface area contributed by atoms with Crippen LogP contribution in [0.2, 0.25) is 0 Å². The third kappa shape index (κ3) is 2.95. The summed E-state index contributed by atoms with van der Waals surface area (Å²) in [4.78, 5) is 4.38. The number of nitrogens with zero attached hydrogens (tertiary/aromatic N) is 1. The highest BCUT2D eigenvalue weighted by Crippen LogP contribution is 2.26. The molecule has 0 fully saturated rings. The molecule has 1 aliphatic rings. The van der Waals surface area contributed by atoms with Crippen molar-refractivity contribution >= 4 is 5.69 Å². The Labute approximate surface area is 114 Å². The molecule has 1 aliphatic heterocycles. The smallest absolute Gasteiger partial charge is 0.0406 e. The zero-order valence-electron chi connectivity index (χ0n) is 11.4. The summed E-state index contributed by atoms with van der Waals surface area (Å²) in [5, 5.41) is 3.55. The van der Waals surface area contributed by atoms with Gasteiger partial charge < -0.3 is 5.32 Å². The zero-order valence-corrected chi connectivity index (χ0v) is 11.4. The van der Waals surface area contributed by atoms with E-state index in [4.69, 9.17) is 0 Å². The van der Waals surface area contributed by atoms with Gasteiger partial charge in [0, 0.05) is 23.6 Å². The standard InChI is InChI=1S/C17H20N2/c1-13-5-8-15-12-14(7-10-17(15)19-13)6-9-16-4-2-3-11-18-16/h2-4,7,10-13,19H,5-6,8-9H2,1H3. The van der Waals surface area contributed by atoms with E-state index in [1.54, 1.807) is 0 Å². The van der Waals surface area contributed by atoms with E-state index >= 15 is 0 Å². The summed E-state index contributed by atoms with van der Waals surface area (Å²) in [5.74, 6) is 0. The Morgan fingerprint density at radius 2 is 2.16 bits per heavy atom. The second kappa shape index (κ2) is 5.43. The van der Waals surface area contributed by atoms with Crippen LogP contribution in [0.15, 0.2) is 42.6 Å². The fourth-order valence-corrected chi connectivity index (χ4v) is 2.68. The summed E-state index contributed by atoms with van der Waals surface area (Å²) in [6.45, 7) is 2.25. The van der Waals surface area contributed by atoms with Gasteiger partial charge in [0.25, 0.3) is 0 Å². The molecule has 1 N–H and O–H groups in total. The van der Waals surface area contributed by atoms with E-state index in [0.717, 1.165) is 12.8 Å². The molecule has 1 unspecified atom stereocenters. The topological polar surface area (TPSA) is 24.9 Å². The third-order valence-electron chi connectivity index (χ3n) is 3.81. The van der Waals surface area contributed by atoms with E-state index in [-0.39, 0.29) is 0 Å². The van der Waals surface area contributed by atoms with Crippen molar-refractivity contribution in [3.8, 4) is 0 Å². The lowest BCUT2D eigenvalue weighted by atomic mass is 9.95. The van der Waals surface area contributed by atoms with E-state index in [1.807, 2.05) is 12.3 Å². The molecule has 2 heterocycles. The number of fused-ring (bicyclic) bond motifs is 1. The van der Waals surface area contributed by atoms with Crippen molar-refractivity contribution in [1.29, 1.82) is 0 Å². The minimum Gasteiger partial charge on any atom is -0.382 e. The molecule has 98 valence electrons. The molecule has 2 aromatic rings. The van der Waals surface area contributed by atoms with Crippen molar-refractivity contribution in [2.75, 3.05) is 5.32 Å². The van der Waals surface area contributed by atoms with Crippen LogP contribution in [0.4, 0.5) is 5.69 Å². The van der Waals surface area contributed by atoms with Gasteiger partial charge >= 0.3 is 0 Å². The van der Waals surface area contributed by atoms with Crippen LogP contribution in [0.5, 0.6) is 0 Å². The largest absolute Gasteiger partial charge is 0.382 e. The molecule has 0 bridgehead atoms. The van der Waals surface area contributed by atoms with Gasteiger partial charge in [-0.15, -0.1) is 0 Å². The highest BCUT2D eigenvalue weighted by atomic mass is 14.9. The van der Waals surface area contributed by atoms with Crippen LogP contribution in [0, 0.1) is 0 Å². The van der Waals surface area contributed by atoms with Gasteiger partial charge in [0.2, 0.25) is 0 Å².